The van der Waals surface area contributed by atoms with Crippen LogP contribution in [0.5, 0.6) is 0 Å². The fourth-order valence-corrected chi connectivity index (χ4v) is 4.00. The third-order valence-corrected chi connectivity index (χ3v) is 5.41. The monoisotopic (exact) mass is 447 g/mol. The maximum Gasteiger partial charge on any atom is 0.416 e. The van der Waals surface area contributed by atoms with Crippen molar-refractivity contribution in [1.29, 1.82) is 0 Å². The molecule has 28 heavy (non-hydrogen) atoms. The van der Waals surface area contributed by atoms with Crippen LogP contribution in [0.15, 0.2) is 42.5 Å². The Labute approximate surface area is 168 Å². The van der Waals surface area contributed by atoms with Gasteiger partial charge < -0.3 is 0 Å². The number of anilines is 1. The molecule has 5 nitrogen and oxygen atoms in total. The lowest BCUT2D eigenvalue weighted by Gasteiger charge is -2.12. The van der Waals surface area contributed by atoms with E-state index in [2.05, 4.69) is 14.9 Å². The zero-order valence-corrected chi connectivity index (χ0v) is 16.7. The minimum Gasteiger partial charge on any atom is -0.283 e. The number of alkyl halides is 3. The van der Waals surface area contributed by atoms with Gasteiger partial charge in [0.2, 0.25) is 10.0 Å². The number of hydrogen-bond acceptors (Lipinski definition) is 5. The molecular weight excluding hydrogens is 435 g/mol. The van der Waals surface area contributed by atoms with Crippen LogP contribution in [-0.4, -0.2) is 24.9 Å². The molecule has 0 atom stereocenters. The predicted octanol–water partition coefficient (Wildman–Crippen LogP) is 4.84. The van der Waals surface area contributed by atoms with E-state index in [9.17, 15) is 21.6 Å². The number of aromatic nitrogens is 2. The molecule has 0 spiro atoms. The van der Waals surface area contributed by atoms with Gasteiger partial charge in [-0.2, -0.15) is 13.2 Å². The van der Waals surface area contributed by atoms with Crippen LogP contribution in [0.4, 0.5) is 18.9 Å². The molecule has 1 N–H and O–H groups in total. The number of sulfonamides is 1. The van der Waals surface area contributed by atoms with E-state index < -0.39 is 21.8 Å². The first-order valence-corrected chi connectivity index (χ1v) is 10.9. The molecule has 0 saturated heterocycles. The number of hydrogen-bond donors (Lipinski definition) is 1. The molecule has 0 unspecified atom stereocenters. The molecule has 0 radical (unpaired) electrons. The number of rotatable bonds is 5. The summed E-state index contributed by atoms with van der Waals surface area (Å²) in [6.45, 7) is 0. The lowest BCUT2D eigenvalue weighted by molar-refractivity contribution is -0.137. The highest BCUT2D eigenvalue weighted by Gasteiger charge is 2.31. The molecule has 1 aromatic heterocycles. The Bertz CT molecular complexity index is 1100. The van der Waals surface area contributed by atoms with Crippen molar-refractivity contribution in [3.8, 4) is 10.6 Å². The van der Waals surface area contributed by atoms with Gasteiger partial charge in [0, 0.05) is 17.0 Å². The average molecular weight is 448 g/mol. The lowest BCUT2D eigenvalue weighted by atomic mass is 10.1. The molecule has 0 saturated carbocycles. The number of halogens is 4. The lowest BCUT2D eigenvalue weighted by Crippen LogP contribution is -2.12. The van der Waals surface area contributed by atoms with Crippen molar-refractivity contribution in [2.75, 3.05) is 11.0 Å². The minimum atomic E-state index is -4.57. The summed E-state index contributed by atoms with van der Waals surface area (Å²) in [5.74, 6) is 0. The van der Waals surface area contributed by atoms with Crippen molar-refractivity contribution in [2.45, 2.75) is 12.6 Å². The summed E-state index contributed by atoms with van der Waals surface area (Å²) < 4.78 is 64.6. The number of nitrogens with one attached hydrogen (secondary N) is 1. The zero-order valence-electron chi connectivity index (χ0n) is 14.3. The van der Waals surface area contributed by atoms with Crippen LogP contribution in [0.25, 0.3) is 10.6 Å². The van der Waals surface area contributed by atoms with Gasteiger partial charge in [-0.3, -0.25) is 4.72 Å². The first kappa shape index (κ1) is 20.6. The fraction of sp³-hybridized carbons (Fsp3) is 0.176. The van der Waals surface area contributed by atoms with E-state index in [4.69, 9.17) is 11.6 Å². The summed E-state index contributed by atoms with van der Waals surface area (Å²) in [6, 6.07) is 9.81. The molecular formula is C17H13ClF3N3O2S2. The van der Waals surface area contributed by atoms with E-state index in [0.717, 1.165) is 41.4 Å². The van der Waals surface area contributed by atoms with Gasteiger partial charge in [0.25, 0.3) is 0 Å². The smallest absolute Gasteiger partial charge is 0.283 e. The van der Waals surface area contributed by atoms with Gasteiger partial charge in [0.15, 0.2) is 0 Å². The Balaban J connectivity index is 1.99. The topological polar surface area (TPSA) is 72.0 Å². The first-order chi connectivity index (χ1) is 13.0. The maximum atomic E-state index is 13.1. The van der Waals surface area contributed by atoms with E-state index in [1.807, 2.05) is 12.1 Å². The maximum absolute atomic E-state index is 13.1. The second kappa shape index (κ2) is 7.69. The van der Waals surface area contributed by atoms with E-state index in [1.165, 1.54) is 0 Å². The van der Waals surface area contributed by atoms with Crippen molar-refractivity contribution < 1.29 is 21.6 Å². The van der Waals surface area contributed by atoms with Crippen molar-refractivity contribution >= 4 is 38.6 Å². The van der Waals surface area contributed by atoms with Crippen molar-refractivity contribution in [1.82, 2.24) is 10.2 Å². The van der Waals surface area contributed by atoms with Crippen LogP contribution >= 0.6 is 22.9 Å². The highest BCUT2D eigenvalue weighted by atomic mass is 35.5. The molecule has 3 aromatic rings. The number of nitrogens with zero attached hydrogens (tertiary/aromatic N) is 2. The fourth-order valence-electron chi connectivity index (χ4n) is 2.40. The largest absolute Gasteiger partial charge is 0.416 e. The van der Waals surface area contributed by atoms with Gasteiger partial charge in [-0.05, 0) is 35.9 Å². The summed E-state index contributed by atoms with van der Waals surface area (Å²) in [7, 11) is -3.69. The molecule has 0 amide bonds. The molecule has 3 rings (SSSR count). The minimum absolute atomic E-state index is 0.00435. The summed E-state index contributed by atoms with van der Waals surface area (Å²) in [4.78, 5) is 0. The summed E-state index contributed by atoms with van der Waals surface area (Å²) in [5, 5.41) is 9.31. The highest BCUT2D eigenvalue weighted by Crippen LogP contribution is 2.37. The highest BCUT2D eigenvalue weighted by molar-refractivity contribution is 7.92. The van der Waals surface area contributed by atoms with E-state index in [1.54, 1.807) is 12.1 Å². The molecule has 0 fully saturated rings. The van der Waals surface area contributed by atoms with Crippen LogP contribution in [0, 0.1) is 0 Å². The predicted molar refractivity (Wildman–Crippen MR) is 103 cm³/mol. The Morgan fingerprint density at radius 2 is 1.79 bits per heavy atom. The summed E-state index contributed by atoms with van der Waals surface area (Å²) in [5.41, 5.74) is 0.0198. The molecule has 1 heterocycles. The van der Waals surface area contributed by atoms with E-state index >= 15 is 0 Å². The van der Waals surface area contributed by atoms with Gasteiger partial charge in [-0.15, -0.1) is 10.2 Å². The van der Waals surface area contributed by atoms with Crippen LogP contribution < -0.4 is 4.72 Å². The Morgan fingerprint density at radius 3 is 2.39 bits per heavy atom. The first-order valence-electron chi connectivity index (χ1n) is 7.77. The van der Waals surface area contributed by atoms with E-state index in [-0.39, 0.29) is 16.3 Å². The number of benzene rings is 2. The quantitative estimate of drug-likeness (QED) is 0.607. The van der Waals surface area contributed by atoms with Crippen LogP contribution in [0.1, 0.15) is 16.1 Å². The van der Waals surface area contributed by atoms with Crippen LogP contribution in [0.2, 0.25) is 5.02 Å². The second-order valence-electron chi connectivity index (χ2n) is 5.94. The van der Waals surface area contributed by atoms with Gasteiger partial charge >= 0.3 is 6.18 Å². The van der Waals surface area contributed by atoms with Crippen molar-refractivity contribution in [3.05, 3.63) is 63.6 Å². The molecule has 0 aliphatic heterocycles. The van der Waals surface area contributed by atoms with Crippen molar-refractivity contribution in [3.63, 3.8) is 0 Å². The third kappa shape index (κ3) is 5.21. The van der Waals surface area contributed by atoms with Gasteiger partial charge in [-0.1, -0.05) is 35.1 Å². The molecule has 0 aliphatic carbocycles. The average Bonchev–Trinajstić information content (AvgIpc) is 3.03. The molecule has 11 heteroatoms. The Kier molecular flexibility index (Phi) is 5.64. The Morgan fingerprint density at radius 1 is 1.11 bits per heavy atom. The SMILES string of the molecule is CS(=O)(=O)Nc1ccc(C(F)(F)F)cc1-c1nnc(Cc2ccc(Cl)cc2)s1. The van der Waals surface area contributed by atoms with E-state index in [0.29, 0.717) is 16.5 Å². The summed E-state index contributed by atoms with van der Waals surface area (Å²) >= 11 is 6.93. The van der Waals surface area contributed by atoms with Crippen LogP contribution in [-0.2, 0) is 22.6 Å². The zero-order chi connectivity index (χ0) is 20.5. The normalized spacial score (nSPS) is 12.2. The summed E-state index contributed by atoms with van der Waals surface area (Å²) in [6.07, 6.45) is -3.24. The Hall–Kier alpha value is -2.17. The molecule has 0 bridgehead atoms. The van der Waals surface area contributed by atoms with Crippen LogP contribution in [0.3, 0.4) is 0 Å². The molecule has 2 aromatic carbocycles. The van der Waals surface area contributed by atoms with Gasteiger partial charge in [-0.25, -0.2) is 8.42 Å². The third-order valence-electron chi connectivity index (χ3n) is 3.61. The van der Waals surface area contributed by atoms with Crippen molar-refractivity contribution in [2.24, 2.45) is 0 Å². The second-order valence-corrected chi connectivity index (χ2v) is 9.18. The van der Waals surface area contributed by atoms with Gasteiger partial charge in [0.1, 0.15) is 10.0 Å². The molecule has 148 valence electrons. The standard InChI is InChI=1S/C17H13ClF3N3O2S2/c1-28(25,26)24-14-7-4-11(17(19,20)21)9-13(14)16-23-22-15(27-16)8-10-2-5-12(18)6-3-10/h2-7,9,24H,8H2,1H3. The van der Waals surface area contributed by atoms with Gasteiger partial charge in [0.05, 0.1) is 17.5 Å². The molecule has 0 aliphatic rings.